The number of H-pyrrole nitrogens is 1. The van der Waals surface area contributed by atoms with Crippen LogP contribution in [0.5, 0.6) is 5.75 Å². The van der Waals surface area contributed by atoms with Gasteiger partial charge < -0.3 is 15.4 Å². The van der Waals surface area contributed by atoms with Crippen molar-refractivity contribution in [2.24, 2.45) is 0 Å². The summed E-state index contributed by atoms with van der Waals surface area (Å²) in [4.78, 5) is 30.6. The molecule has 110 valence electrons. The lowest BCUT2D eigenvalue weighted by atomic mass is 10.1. The van der Waals surface area contributed by atoms with Crippen molar-refractivity contribution < 1.29 is 14.7 Å². The molecule has 6 nitrogen and oxygen atoms in total. The molecule has 2 aromatic carbocycles. The molecule has 0 fully saturated rings. The molecule has 0 saturated heterocycles. The molecule has 22 heavy (non-hydrogen) atoms. The van der Waals surface area contributed by atoms with E-state index < -0.39 is 5.91 Å². The fourth-order valence-electron chi connectivity index (χ4n) is 2.07. The number of anilines is 1. The lowest BCUT2D eigenvalue weighted by Crippen LogP contribution is -2.13. The molecular formula is C16H13N3O3. The SMILES string of the molecule is CC(=O)c1ccc2nc(C(=O)Nc3ccc(O)cc3)[nH]c2c1. The molecule has 0 bridgehead atoms. The van der Waals surface area contributed by atoms with Crippen LogP contribution in [0.3, 0.4) is 0 Å². The number of rotatable bonds is 3. The largest absolute Gasteiger partial charge is 0.508 e. The number of nitrogens with one attached hydrogen (secondary N) is 2. The van der Waals surface area contributed by atoms with Gasteiger partial charge in [0.15, 0.2) is 11.6 Å². The number of hydrogen-bond donors (Lipinski definition) is 3. The molecule has 0 aliphatic carbocycles. The van der Waals surface area contributed by atoms with Crippen LogP contribution in [0.15, 0.2) is 42.5 Å². The normalized spacial score (nSPS) is 10.6. The third-order valence-electron chi connectivity index (χ3n) is 3.23. The quantitative estimate of drug-likeness (QED) is 0.511. The van der Waals surface area contributed by atoms with Crippen LogP contribution in [0.2, 0.25) is 0 Å². The summed E-state index contributed by atoms with van der Waals surface area (Å²) in [7, 11) is 0. The highest BCUT2D eigenvalue weighted by Crippen LogP contribution is 2.17. The summed E-state index contributed by atoms with van der Waals surface area (Å²) in [6, 6.07) is 11.2. The average Bonchev–Trinajstić information content (AvgIpc) is 2.92. The van der Waals surface area contributed by atoms with Crippen LogP contribution in [0.25, 0.3) is 11.0 Å². The zero-order chi connectivity index (χ0) is 15.7. The zero-order valence-electron chi connectivity index (χ0n) is 11.8. The summed E-state index contributed by atoms with van der Waals surface area (Å²) in [5.41, 5.74) is 2.35. The number of nitrogens with zero attached hydrogens (tertiary/aromatic N) is 1. The molecule has 6 heteroatoms. The van der Waals surface area contributed by atoms with Crippen molar-refractivity contribution in [2.45, 2.75) is 6.92 Å². The van der Waals surface area contributed by atoms with Crippen LogP contribution in [0.1, 0.15) is 27.9 Å². The molecular weight excluding hydrogens is 282 g/mol. The molecule has 1 heterocycles. The van der Waals surface area contributed by atoms with E-state index in [1.807, 2.05) is 0 Å². The summed E-state index contributed by atoms with van der Waals surface area (Å²) >= 11 is 0. The monoisotopic (exact) mass is 295 g/mol. The number of imidazole rings is 1. The van der Waals surface area contributed by atoms with Crippen LogP contribution in [-0.4, -0.2) is 26.8 Å². The van der Waals surface area contributed by atoms with Crippen LogP contribution in [-0.2, 0) is 0 Å². The Morgan fingerprint density at radius 3 is 2.55 bits per heavy atom. The lowest BCUT2D eigenvalue weighted by molar-refractivity contribution is 0.101. The van der Waals surface area contributed by atoms with Gasteiger partial charge in [0.2, 0.25) is 0 Å². The number of ketones is 1. The van der Waals surface area contributed by atoms with Gasteiger partial charge >= 0.3 is 0 Å². The van der Waals surface area contributed by atoms with Gasteiger partial charge in [0.05, 0.1) is 11.0 Å². The van der Waals surface area contributed by atoms with Crippen LogP contribution in [0.4, 0.5) is 5.69 Å². The number of aromatic amines is 1. The van der Waals surface area contributed by atoms with Gasteiger partial charge in [-0.15, -0.1) is 0 Å². The second kappa shape index (κ2) is 5.33. The predicted octanol–water partition coefficient (Wildman–Crippen LogP) is 2.72. The first-order valence-electron chi connectivity index (χ1n) is 6.64. The van der Waals surface area contributed by atoms with Gasteiger partial charge in [0.1, 0.15) is 5.75 Å². The maximum absolute atomic E-state index is 12.2. The first-order valence-corrected chi connectivity index (χ1v) is 6.64. The van der Waals surface area contributed by atoms with Gasteiger partial charge in [-0.2, -0.15) is 0 Å². The van der Waals surface area contributed by atoms with Gasteiger partial charge in [0, 0.05) is 11.3 Å². The van der Waals surface area contributed by atoms with Gasteiger partial charge in [-0.05, 0) is 49.4 Å². The van der Waals surface area contributed by atoms with Crippen LogP contribution >= 0.6 is 0 Å². The van der Waals surface area contributed by atoms with E-state index in [0.29, 0.717) is 22.3 Å². The van der Waals surface area contributed by atoms with Gasteiger partial charge in [-0.1, -0.05) is 0 Å². The summed E-state index contributed by atoms with van der Waals surface area (Å²) in [6.45, 7) is 1.48. The maximum Gasteiger partial charge on any atom is 0.291 e. The second-order valence-electron chi connectivity index (χ2n) is 4.87. The number of hydrogen-bond acceptors (Lipinski definition) is 4. The molecule has 3 rings (SSSR count). The Labute approximate surface area is 125 Å². The van der Waals surface area contributed by atoms with Crippen LogP contribution in [0, 0.1) is 0 Å². The highest BCUT2D eigenvalue weighted by molar-refractivity contribution is 6.04. The van der Waals surface area contributed by atoms with Crippen molar-refractivity contribution in [1.29, 1.82) is 0 Å². The molecule has 0 radical (unpaired) electrons. The number of aromatic hydroxyl groups is 1. The minimum Gasteiger partial charge on any atom is -0.508 e. The Balaban J connectivity index is 1.87. The van der Waals surface area contributed by atoms with Crippen molar-refractivity contribution in [1.82, 2.24) is 9.97 Å². The average molecular weight is 295 g/mol. The standard InChI is InChI=1S/C16H13N3O3/c1-9(20)10-2-7-13-14(8-10)19-15(18-13)16(22)17-11-3-5-12(21)6-4-11/h2-8,21H,1H3,(H,17,22)(H,18,19). The Morgan fingerprint density at radius 1 is 1.14 bits per heavy atom. The van der Waals surface area contributed by atoms with Gasteiger partial charge in [0.25, 0.3) is 5.91 Å². The highest BCUT2D eigenvalue weighted by Gasteiger charge is 2.12. The van der Waals surface area contributed by atoms with Crippen molar-refractivity contribution in [2.75, 3.05) is 5.32 Å². The third-order valence-corrected chi connectivity index (χ3v) is 3.23. The minimum absolute atomic E-state index is 0.0494. The molecule has 0 spiro atoms. The fourth-order valence-corrected chi connectivity index (χ4v) is 2.07. The van der Waals surface area contributed by atoms with Crippen molar-refractivity contribution >= 4 is 28.4 Å². The Bertz CT molecular complexity index is 866. The summed E-state index contributed by atoms with van der Waals surface area (Å²) in [5.74, 6) is -0.167. The van der Waals surface area contributed by atoms with Crippen molar-refractivity contribution in [3.63, 3.8) is 0 Å². The number of carbonyl (C=O) groups is 2. The number of aromatic nitrogens is 2. The van der Waals surface area contributed by atoms with E-state index in [1.165, 1.54) is 19.1 Å². The van der Waals surface area contributed by atoms with Crippen molar-refractivity contribution in [3.8, 4) is 5.75 Å². The number of amides is 1. The number of phenols is 1. The Hall–Kier alpha value is -3.15. The topological polar surface area (TPSA) is 95.1 Å². The van der Waals surface area contributed by atoms with E-state index in [2.05, 4.69) is 15.3 Å². The molecule has 3 N–H and O–H groups in total. The molecule has 1 amide bonds. The Kier molecular flexibility index (Phi) is 3.34. The predicted molar refractivity (Wildman–Crippen MR) is 82.2 cm³/mol. The van der Waals surface area contributed by atoms with E-state index in [0.717, 1.165) is 0 Å². The molecule has 0 unspecified atom stereocenters. The molecule has 0 aliphatic heterocycles. The summed E-state index contributed by atoms with van der Waals surface area (Å²) < 4.78 is 0. The van der Waals surface area contributed by atoms with E-state index in [4.69, 9.17) is 0 Å². The molecule has 0 atom stereocenters. The zero-order valence-corrected chi connectivity index (χ0v) is 11.8. The molecule has 0 aliphatic rings. The van der Waals surface area contributed by atoms with E-state index >= 15 is 0 Å². The van der Waals surface area contributed by atoms with Crippen molar-refractivity contribution in [3.05, 3.63) is 53.9 Å². The molecule has 1 aromatic heterocycles. The molecule has 3 aromatic rings. The fraction of sp³-hybridized carbons (Fsp3) is 0.0625. The highest BCUT2D eigenvalue weighted by atomic mass is 16.3. The molecule has 0 saturated carbocycles. The maximum atomic E-state index is 12.2. The first kappa shape index (κ1) is 13.8. The van der Waals surface area contributed by atoms with Gasteiger partial charge in [-0.3, -0.25) is 9.59 Å². The van der Waals surface area contributed by atoms with Gasteiger partial charge in [-0.25, -0.2) is 4.98 Å². The number of phenolic OH excluding ortho intramolecular Hbond substituents is 1. The van der Waals surface area contributed by atoms with E-state index in [9.17, 15) is 14.7 Å². The third kappa shape index (κ3) is 2.67. The Morgan fingerprint density at radius 2 is 1.86 bits per heavy atom. The number of Topliss-reactive ketones (excluding diaryl/α,β-unsaturated/α-hetero) is 1. The van der Waals surface area contributed by atoms with Crippen LogP contribution < -0.4 is 5.32 Å². The smallest absolute Gasteiger partial charge is 0.291 e. The van der Waals surface area contributed by atoms with E-state index in [-0.39, 0.29) is 17.4 Å². The summed E-state index contributed by atoms with van der Waals surface area (Å²) in [6.07, 6.45) is 0. The minimum atomic E-state index is -0.397. The first-order chi connectivity index (χ1) is 10.5. The number of benzene rings is 2. The lowest BCUT2D eigenvalue weighted by Gasteiger charge is -2.02. The number of carbonyl (C=O) groups excluding carboxylic acids is 2. The van der Waals surface area contributed by atoms with E-state index in [1.54, 1.807) is 30.3 Å². The number of fused-ring (bicyclic) bond motifs is 1. The summed E-state index contributed by atoms with van der Waals surface area (Å²) in [5, 5.41) is 11.9. The second-order valence-corrected chi connectivity index (χ2v) is 4.87.